The molecule has 0 atom stereocenters. The van der Waals surface area contributed by atoms with Crippen LogP contribution < -0.4 is 15.1 Å². The Balaban J connectivity index is 1.53. The molecule has 3 aromatic heterocycles. The van der Waals surface area contributed by atoms with Crippen LogP contribution in [0.5, 0.6) is 0 Å². The van der Waals surface area contributed by atoms with Crippen LogP contribution in [-0.2, 0) is 0 Å². The fourth-order valence-electron chi connectivity index (χ4n) is 3.79. The summed E-state index contributed by atoms with van der Waals surface area (Å²) < 4.78 is 1.93. The number of imidazole rings is 1. The number of aromatic nitrogens is 4. The second-order valence-electron chi connectivity index (χ2n) is 6.92. The highest BCUT2D eigenvalue weighted by atomic mass is 15.3. The van der Waals surface area contributed by atoms with Crippen molar-refractivity contribution in [3.63, 3.8) is 0 Å². The Hall–Kier alpha value is -2.67. The van der Waals surface area contributed by atoms with E-state index in [-0.39, 0.29) is 0 Å². The molecule has 134 valence electrons. The minimum absolute atomic E-state index is 0.859. The monoisotopic (exact) mass is 349 g/mol. The number of nitrogens with one attached hydrogen (secondary N) is 1. The number of hydrogen-bond donors (Lipinski definition) is 1. The van der Waals surface area contributed by atoms with Gasteiger partial charge in [-0.05, 0) is 37.1 Å². The smallest absolute Gasteiger partial charge is 0.154 e. The van der Waals surface area contributed by atoms with E-state index >= 15 is 0 Å². The molecule has 7 heteroatoms. The zero-order valence-corrected chi connectivity index (χ0v) is 14.8. The maximum atomic E-state index is 4.90. The number of anilines is 2. The third kappa shape index (κ3) is 2.78. The van der Waals surface area contributed by atoms with E-state index in [1.165, 1.54) is 12.8 Å². The van der Waals surface area contributed by atoms with E-state index in [9.17, 15) is 0 Å². The molecule has 0 amide bonds. The molecular formula is C19H23N7. The van der Waals surface area contributed by atoms with Gasteiger partial charge < -0.3 is 15.1 Å². The highest BCUT2D eigenvalue weighted by Gasteiger charge is 2.17. The summed E-state index contributed by atoms with van der Waals surface area (Å²) in [5.41, 5.74) is 2.72. The SMILES string of the molecule is c1cc(-c2cnc3ccc(N4CCCC4)nn23)nc(N2CCNCC2)c1. The Morgan fingerprint density at radius 1 is 0.846 bits per heavy atom. The van der Waals surface area contributed by atoms with Gasteiger partial charge >= 0.3 is 0 Å². The first-order valence-electron chi connectivity index (χ1n) is 9.41. The van der Waals surface area contributed by atoms with Gasteiger partial charge in [0.2, 0.25) is 0 Å². The summed E-state index contributed by atoms with van der Waals surface area (Å²) in [4.78, 5) is 14.1. The Bertz CT molecular complexity index is 907. The van der Waals surface area contributed by atoms with Crippen molar-refractivity contribution in [3.05, 3.63) is 36.5 Å². The van der Waals surface area contributed by atoms with Crippen molar-refractivity contribution in [1.82, 2.24) is 24.9 Å². The second-order valence-corrected chi connectivity index (χ2v) is 6.92. The van der Waals surface area contributed by atoms with Crippen LogP contribution in [0.3, 0.4) is 0 Å². The molecular weight excluding hydrogens is 326 g/mol. The van der Waals surface area contributed by atoms with E-state index in [1.54, 1.807) is 0 Å². The first kappa shape index (κ1) is 15.6. The number of hydrogen-bond acceptors (Lipinski definition) is 6. The molecule has 2 saturated heterocycles. The van der Waals surface area contributed by atoms with Gasteiger partial charge in [0, 0.05) is 39.3 Å². The summed E-state index contributed by atoms with van der Waals surface area (Å²) in [5.74, 6) is 2.04. The average molecular weight is 349 g/mol. The fourth-order valence-corrected chi connectivity index (χ4v) is 3.79. The fraction of sp³-hybridized carbons (Fsp3) is 0.421. The molecule has 0 aliphatic carbocycles. The first-order valence-corrected chi connectivity index (χ1v) is 9.41. The number of pyridine rings is 1. The largest absolute Gasteiger partial charge is 0.355 e. The summed E-state index contributed by atoms with van der Waals surface area (Å²) >= 11 is 0. The number of piperazine rings is 1. The molecule has 0 spiro atoms. The van der Waals surface area contributed by atoms with Gasteiger partial charge in [0.1, 0.15) is 17.3 Å². The van der Waals surface area contributed by atoms with E-state index in [0.29, 0.717) is 0 Å². The van der Waals surface area contributed by atoms with Gasteiger partial charge in [-0.2, -0.15) is 0 Å². The third-order valence-electron chi connectivity index (χ3n) is 5.22. The van der Waals surface area contributed by atoms with Crippen molar-refractivity contribution in [3.8, 4) is 11.4 Å². The predicted octanol–water partition coefficient (Wildman–Crippen LogP) is 1.80. The standard InChI is InChI=1S/C19H23N7/c1-2-11-24(10-1)19-7-6-17-21-14-16(26(17)23-19)15-4-3-5-18(22-15)25-12-8-20-9-13-25/h3-7,14,20H,1-2,8-13H2. The molecule has 2 aliphatic rings. The topological polar surface area (TPSA) is 61.6 Å². The van der Waals surface area contributed by atoms with Crippen LogP contribution in [0.1, 0.15) is 12.8 Å². The van der Waals surface area contributed by atoms with Gasteiger partial charge in [-0.15, -0.1) is 5.10 Å². The summed E-state index contributed by atoms with van der Waals surface area (Å²) in [5, 5.41) is 8.24. The molecule has 3 aromatic rings. The van der Waals surface area contributed by atoms with Gasteiger partial charge in [0.05, 0.1) is 11.9 Å². The molecule has 2 fully saturated rings. The lowest BCUT2D eigenvalue weighted by molar-refractivity contribution is 0.585. The Morgan fingerprint density at radius 3 is 2.50 bits per heavy atom. The Labute approximate surface area is 152 Å². The highest BCUT2D eigenvalue weighted by molar-refractivity contribution is 5.62. The molecule has 2 aliphatic heterocycles. The van der Waals surface area contributed by atoms with Gasteiger partial charge in [-0.25, -0.2) is 14.5 Å². The van der Waals surface area contributed by atoms with E-state index in [4.69, 9.17) is 10.1 Å². The normalized spacial score (nSPS) is 18.0. The van der Waals surface area contributed by atoms with Crippen LogP contribution in [0, 0.1) is 0 Å². The second kappa shape index (κ2) is 6.57. The average Bonchev–Trinajstić information content (AvgIpc) is 3.38. The van der Waals surface area contributed by atoms with Crippen LogP contribution in [0.2, 0.25) is 0 Å². The van der Waals surface area contributed by atoms with Crippen molar-refractivity contribution in [1.29, 1.82) is 0 Å². The zero-order valence-electron chi connectivity index (χ0n) is 14.8. The molecule has 0 aromatic carbocycles. The van der Waals surface area contributed by atoms with Crippen molar-refractivity contribution in [2.75, 3.05) is 49.1 Å². The molecule has 0 unspecified atom stereocenters. The minimum atomic E-state index is 0.859. The first-order chi connectivity index (χ1) is 12.9. The molecule has 7 nitrogen and oxygen atoms in total. The number of rotatable bonds is 3. The quantitative estimate of drug-likeness (QED) is 0.778. The zero-order chi connectivity index (χ0) is 17.3. The Kier molecular flexibility index (Phi) is 3.93. The van der Waals surface area contributed by atoms with Crippen LogP contribution in [-0.4, -0.2) is 58.9 Å². The lowest BCUT2D eigenvalue weighted by Crippen LogP contribution is -2.43. The lowest BCUT2D eigenvalue weighted by atomic mass is 10.2. The number of fused-ring (bicyclic) bond motifs is 1. The van der Waals surface area contributed by atoms with Crippen LogP contribution >= 0.6 is 0 Å². The summed E-state index contributed by atoms with van der Waals surface area (Å²) in [6.45, 7) is 6.14. The molecule has 1 N–H and O–H groups in total. The van der Waals surface area contributed by atoms with Gasteiger partial charge in [0.15, 0.2) is 5.65 Å². The summed E-state index contributed by atoms with van der Waals surface area (Å²) in [6.07, 6.45) is 4.36. The predicted molar refractivity (Wildman–Crippen MR) is 103 cm³/mol. The van der Waals surface area contributed by atoms with Crippen molar-refractivity contribution >= 4 is 17.3 Å². The maximum absolute atomic E-state index is 4.90. The van der Waals surface area contributed by atoms with Crippen LogP contribution in [0.25, 0.3) is 17.0 Å². The van der Waals surface area contributed by atoms with Gasteiger partial charge in [-0.3, -0.25) is 0 Å². The summed E-state index contributed by atoms with van der Waals surface area (Å²) in [7, 11) is 0. The van der Waals surface area contributed by atoms with E-state index in [1.807, 2.05) is 22.8 Å². The Morgan fingerprint density at radius 2 is 1.65 bits per heavy atom. The van der Waals surface area contributed by atoms with Crippen LogP contribution in [0.15, 0.2) is 36.5 Å². The molecule has 26 heavy (non-hydrogen) atoms. The molecule has 0 saturated carbocycles. The van der Waals surface area contributed by atoms with Crippen LogP contribution in [0.4, 0.5) is 11.6 Å². The third-order valence-corrected chi connectivity index (χ3v) is 5.22. The minimum Gasteiger partial charge on any atom is -0.355 e. The van der Waals surface area contributed by atoms with Gasteiger partial charge in [-0.1, -0.05) is 6.07 Å². The van der Waals surface area contributed by atoms with Crippen molar-refractivity contribution < 1.29 is 0 Å². The molecule has 5 heterocycles. The van der Waals surface area contributed by atoms with Crippen molar-refractivity contribution in [2.24, 2.45) is 0 Å². The van der Waals surface area contributed by atoms with Crippen molar-refractivity contribution in [2.45, 2.75) is 12.8 Å². The lowest BCUT2D eigenvalue weighted by Gasteiger charge is -2.28. The van der Waals surface area contributed by atoms with E-state index in [0.717, 1.165) is 67.9 Å². The molecule has 0 radical (unpaired) electrons. The molecule has 0 bridgehead atoms. The maximum Gasteiger partial charge on any atom is 0.154 e. The summed E-state index contributed by atoms with van der Waals surface area (Å²) in [6, 6.07) is 10.3. The van der Waals surface area contributed by atoms with E-state index in [2.05, 4.69) is 38.3 Å². The van der Waals surface area contributed by atoms with E-state index < -0.39 is 0 Å². The highest BCUT2D eigenvalue weighted by Crippen LogP contribution is 2.24. The van der Waals surface area contributed by atoms with Gasteiger partial charge in [0.25, 0.3) is 0 Å². The number of nitrogens with zero attached hydrogens (tertiary/aromatic N) is 6. The molecule has 5 rings (SSSR count).